The van der Waals surface area contributed by atoms with E-state index >= 15 is 0 Å². The Morgan fingerprint density at radius 2 is 2.30 bits per heavy atom. The smallest absolute Gasteiger partial charge is 0.0133 e. The molecule has 0 atom stereocenters. The fraction of sp³-hybridized carbons (Fsp3) is 0.400. The van der Waals surface area contributed by atoms with Crippen molar-refractivity contribution in [2.75, 3.05) is 0 Å². The van der Waals surface area contributed by atoms with Crippen LogP contribution >= 0.6 is 0 Å². The van der Waals surface area contributed by atoms with Gasteiger partial charge in [-0.1, -0.05) is 42.4 Å². The summed E-state index contributed by atoms with van der Waals surface area (Å²) < 4.78 is 0. The van der Waals surface area contributed by atoms with E-state index in [0.29, 0.717) is 0 Å². The summed E-state index contributed by atoms with van der Waals surface area (Å²) in [6, 6.07) is 0. The molecule has 0 fully saturated rings. The van der Waals surface area contributed by atoms with Crippen LogP contribution in [-0.2, 0) is 0 Å². The van der Waals surface area contributed by atoms with E-state index in [1.54, 1.807) is 0 Å². The largest absolute Gasteiger partial charge is 0.0773 e. The highest BCUT2D eigenvalue weighted by molar-refractivity contribution is 5.28. The van der Waals surface area contributed by atoms with Crippen LogP contribution in [0.2, 0.25) is 0 Å². The normalized spacial score (nSPS) is 17.8. The zero-order valence-corrected chi connectivity index (χ0v) is 6.72. The maximum atomic E-state index is 2.30. The Kier molecular flexibility index (Phi) is 2.49. The first-order valence-electron chi connectivity index (χ1n) is 3.86. The highest BCUT2D eigenvalue weighted by Crippen LogP contribution is 2.12. The van der Waals surface area contributed by atoms with Gasteiger partial charge in [-0.05, 0) is 19.8 Å². The van der Waals surface area contributed by atoms with Gasteiger partial charge in [-0.25, -0.2) is 0 Å². The van der Waals surface area contributed by atoms with Crippen LogP contribution in [0.3, 0.4) is 0 Å². The van der Waals surface area contributed by atoms with Crippen molar-refractivity contribution in [3.8, 4) is 0 Å². The molecule has 1 aliphatic rings. The lowest BCUT2D eigenvalue weighted by molar-refractivity contribution is 1.11. The van der Waals surface area contributed by atoms with Crippen molar-refractivity contribution in [3.63, 3.8) is 0 Å². The maximum Gasteiger partial charge on any atom is -0.0133 e. The fourth-order valence-corrected chi connectivity index (χ4v) is 1.03. The van der Waals surface area contributed by atoms with Crippen molar-refractivity contribution >= 4 is 0 Å². The van der Waals surface area contributed by atoms with Crippen molar-refractivity contribution in [2.45, 2.75) is 26.7 Å². The number of allylic oxidation sites excluding steroid dienone is 6. The third-order valence-corrected chi connectivity index (χ3v) is 1.79. The van der Waals surface area contributed by atoms with Crippen LogP contribution in [0.1, 0.15) is 26.7 Å². The zero-order chi connectivity index (χ0) is 7.40. The summed E-state index contributed by atoms with van der Waals surface area (Å²) in [6.07, 6.45) is 11.1. The Balaban J connectivity index is 2.69. The fourth-order valence-electron chi connectivity index (χ4n) is 1.03. The quantitative estimate of drug-likeness (QED) is 0.516. The summed E-state index contributed by atoms with van der Waals surface area (Å²) in [4.78, 5) is 0. The van der Waals surface area contributed by atoms with Gasteiger partial charge in [0.15, 0.2) is 0 Å². The second-order valence-corrected chi connectivity index (χ2v) is 2.71. The molecule has 0 heteroatoms. The SMILES string of the molecule is CCC1=CCC(C)=CC=C1. The molecular weight excluding hydrogens is 120 g/mol. The third-order valence-electron chi connectivity index (χ3n) is 1.79. The Morgan fingerprint density at radius 3 is 3.00 bits per heavy atom. The predicted molar refractivity (Wildman–Crippen MR) is 45.9 cm³/mol. The van der Waals surface area contributed by atoms with Crippen LogP contribution < -0.4 is 0 Å². The van der Waals surface area contributed by atoms with E-state index in [4.69, 9.17) is 0 Å². The molecule has 0 aromatic carbocycles. The van der Waals surface area contributed by atoms with Crippen molar-refractivity contribution in [1.82, 2.24) is 0 Å². The second kappa shape index (κ2) is 3.40. The molecule has 0 aromatic heterocycles. The molecule has 0 saturated carbocycles. The molecule has 0 bridgehead atoms. The van der Waals surface area contributed by atoms with E-state index in [-0.39, 0.29) is 0 Å². The molecular formula is C10H14. The molecule has 1 rings (SSSR count). The van der Waals surface area contributed by atoms with Crippen LogP contribution in [0.25, 0.3) is 0 Å². The molecule has 0 radical (unpaired) electrons. The average molecular weight is 134 g/mol. The van der Waals surface area contributed by atoms with E-state index in [9.17, 15) is 0 Å². The number of hydrogen-bond donors (Lipinski definition) is 0. The topological polar surface area (TPSA) is 0 Å². The average Bonchev–Trinajstić information content (AvgIpc) is 2.14. The van der Waals surface area contributed by atoms with Crippen LogP contribution in [0.15, 0.2) is 35.5 Å². The van der Waals surface area contributed by atoms with Gasteiger partial charge in [0.2, 0.25) is 0 Å². The van der Waals surface area contributed by atoms with E-state index in [1.165, 1.54) is 11.1 Å². The van der Waals surface area contributed by atoms with Crippen molar-refractivity contribution in [2.24, 2.45) is 0 Å². The molecule has 0 nitrogen and oxygen atoms in total. The first-order valence-corrected chi connectivity index (χ1v) is 3.86. The molecule has 0 amide bonds. The molecule has 10 heavy (non-hydrogen) atoms. The lowest BCUT2D eigenvalue weighted by atomic mass is 10.1. The first-order chi connectivity index (χ1) is 4.83. The van der Waals surface area contributed by atoms with Gasteiger partial charge in [0.25, 0.3) is 0 Å². The minimum absolute atomic E-state index is 1.12. The summed E-state index contributed by atoms with van der Waals surface area (Å²) in [6.45, 7) is 4.36. The number of hydrogen-bond acceptors (Lipinski definition) is 0. The monoisotopic (exact) mass is 134 g/mol. The minimum atomic E-state index is 1.12. The Labute approximate surface area is 62.9 Å². The van der Waals surface area contributed by atoms with Gasteiger partial charge < -0.3 is 0 Å². The minimum Gasteiger partial charge on any atom is -0.0773 e. The highest BCUT2D eigenvalue weighted by Gasteiger charge is 1.92. The van der Waals surface area contributed by atoms with Gasteiger partial charge in [0.05, 0.1) is 0 Å². The molecule has 0 unspecified atom stereocenters. The van der Waals surface area contributed by atoms with Gasteiger partial charge in [-0.2, -0.15) is 0 Å². The van der Waals surface area contributed by atoms with Gasteiger partial charge in [0.1, 0.15) is 0 Å². The summed E-state index contributed by atoms with van der Waals surface area (Å²) in [5.41, 5.74) is 2.90. The summed E-state index contributed by atoms with van der Waals surface area (Å²) in [5.74, 6) is 0. The lowest BCUT2D eigenvalue weighted by Gasteiger charge is -1.93. The van der Waals surface area contributed by atoms with Crippen LogP contribution in [0.4, 0.5) is 0 Å². The second-order valence-electron chi connectivity index (χ2n) is 2.71. The van der Waals surface area contributed by atoms with Crippen molar-refractivity contribution in [1.29, 1.82) is 0 Å². The van der Waals surface area contributed by atoms with Crippen LogP contribution in [-0.4, -0.2) is 0 Å². The van der Waals surface area contributed by atoms with Crippen molar-refractivity contribution in [3.05, 3.63) is 35.5 Å². The van der Waals surface area contributed by atoms with Crippen LogP contribution in [0, 0.1) is 0 Å². The molecule has 54 valence electrons. The molecule has 0 aromatic rings. The zero-order valence-electron chi connectivity index (χ0n) is 6.72. The van der Waals surface area contributed by atoms with E-state index in [0.717, 1.165) is 12.8 Å². The molecule has 1 aliphatic carbocycles. The maximum absolute atomic E-state index is 2.30. The Bertz CT molecular complexity index is 192. The number of rotatable bonds is 1. The lowest BCUT2D eigenvalue weighted by Crippen LogP contribution is -1.73. The van der Waals surface area contributed by atoms with Gasteiger partial charge in [0, 0.05) is 0 Å². The summed E-state index contributed by atoms with van der Waals surface area (Å²) in [7, 11) is 0. The van der Waals surface area contributed by atoms with Crippen molar-refractivity contribution < 1.29 is 0 Å². The Hall–Kier alpha value is -0.780. The van der Waals surface area contributed by atoms with E-state index in [1.807, 2.05) is 0 Å². The highest BCUT2D eigenvalue weighted by atomic mass is 14.0. The molecule has 0 heterocycles. The molecule has 0 saturated heterocycles. The van der Waals surface area contributed by atoms with E-state index < -0.39 is 0 Å². The van der Waals surface area contributed by atoms with Gasteiger partial charge in [-0.3, -0.25) is 0 Å². The van der Waals surface area contributed by atoms with Gasteiger partial charge in [-0.15, -0.1) is 0 Å². The third kappa shape index (κ3) is 1.87. The molecule has 0 spiro atoms. The van der Waals surface area contributed by atoms with E-state index in [2.05, 4.69) is 38.2 Å². The molecule has 0 N–H and O–H groups in total. The standard InChI is InChI=1S/C10H14/c1-3-10-6-4-5-9(2)7-8-10/h4-6,8H,3,7H2,1-2H3. The predicted octanol–water partition coefficient (Wildman–Crippen LogP) is 3.23. The summed E-state index contributed by atoms with van der Waals surface area (Å²) in [5, 5.41) is 0. The summed E-state index contributed by atoms with van der Waals surface area (Å²) >= 11 is 0. The first kappa shape index (κ1) is 7.33. The Morgan fingerprint density at radius 1 is 1.50 bits per heavy atom. The van der Waals surface area contributed by atoms with Gasteiger partial charge >= 0.3 is 0 Å². The molecule has 0 aliphatic heterocycles. The van der Waals surface area contributed by atoms with Crippen LogP contribution in [0.5, 0.6) is 0 Å².